The number of rotatable bonds is 4. The van der Waals surface area contributed by atoms with Crippen LogP contribution in [0.5, 0.6) is 0 Å². The van der Waals surface area contributed by atoms with Gasteiger partial charge in [0.15, 0.2) is 11.5 Å². The molecule has 0 unspecified atom stereocenters. The van der Waals surface area contributed by atoms with Gasteiger partial charge in [0.25, 0.3) is 5.91 Å². The Kier molecular flexibility index (Phi) is 4.80. The van der Waals surface area contributed by atoms with Crippen LogP contribution >= 0.6 is 0 Å². The fourth-order valence-corrected chi connectivity index (χ4v) is 4.44. The van der Waals surface area contributed by atoms with E-state index in [0.717, 1.165) is 46.0 Å². The maximum Gasteiger partial charge on any atom is 0.259 e. The van der Waals surface area contributed by atoms with Crippen LogP contribution in [0, 0.1) is 6.92 Å². The van der Waals surface area contributed by atoms with Crippen LogP contribution in [0.4, 0.5) is 17.2 Å². The van der Waals surface area contributed by atoms with Crippen molar-refractivity contribution in [3.05, 3.63) is 102 Å². The van der Waals surface area contributed by atoms with Crippen LogP contribution in [0.2, 0.25) is 0 Å². The zero-order valence-corrected chi connectivity index (χ0v) is 18.6. The van der Waals surface area contributed by atoms with Gasteiger partial charge in [-0.15, -0.1) is 0 Å². The molecule has 0 bridgehead atoms. The number of pyridine rings is 1. The number of para-hydroxylation sites is 1. The van der Waals surface area contributed by atoms with Crippen molar-refractivity contribution >= 4 is 28.7 Å². The highest BCUT2D eigenvalue weighted by Crippen LogP contribution is 2.37. The molecule has 166 valence electrons. The fourth-order valence-electron chi connectivity index (χ4n) is 4.44. The summed E-state index contributed by atoms with van der Waals surface area (Å²) in [6, 6.07) is 19.7. The molecule has 1 amide bonds. The third kappa shape index (κ3) is 3.47. The second-order valence-electron chi connectivity index (χ2n) is 8.32. The van der Waals surface area contributed by atoms with E-state index in [1.54, 1.807) is 12.4 Å². The minimum atomic E-state index is -0.0344. The van der Waals surface area contributed by atoms with Gasteiger partial charge in [-0.3, -0.25) is 9.78 Å². The molecule has 1 aliphatic heterocycles. The summed E-state index contributed by atoms with van der Waals surface area (Å²) in [5, 5.41) is 3.40. The maximum atomic E-state index is 13.2. The van der Waals surface area contributed by atoms with E-state index >= 15 is 0 Å². The molecular weight excluding hydrogens is 424 g/mol. The monoisotopic (exact) mass is 446 g/mol. The summed E-state index contributed by atoms with van der Waals surface area (Å²) in [6.07, 6.45) is 8.09. The van der Waals surface area contributed by atoms with Gasteiger partial charge in [-0.2, -0.15) is 0 Å². The Bertz CT molecular complexity index is 1510. The zero-order chi connectivity index (χ0) is 23.1. The Labute approximate surface area is 196 Å². The van der Waals surface area contributed by atoms with Gasteiger partial charge >= 0.3 is 0 Å². The smallest absolute Gasteiger partial charge is 0.259 e. The van der Waals surface area contributed by atoms with Crippen molar-refractivity contribution in [2.75, 3.05) is 16.8 Å². The van der Waals surface area contributed by atoms with E-state index in [4.69, 9.17) is 4.98 Å². The summed E-state index contributed by atoms with van der Waals surface area (Å²) in [5.41, 5.74) is 7.07. The summed E-state index contributed by atoms with van der Waals surface area (Å²) in [7, 11) is 0. The van der Waals surface area contributed by atoms with Crippen molar-refractivity contribution in [2.24, 2.45) is 0 Å². The number of carbonyl (C=O) groups is 1. The zero-order valence-electron chi connectivity index (χ0n) is 18.6. The second kappa shape index (κ2) is 8.12. The Morgan fingerprint density at radius 3 is 2.71 bits per heavy atom. The molecule has 4 heterocycles. The Hall–Kier alpha value is -4.52. The summed E-state index contributed by atoms with van der Waals surface area (Å²) in [5.74, 6) is 0.649. The molecule has 5 aromatic rings. The number of nitrogens with one attached hydrogen (secondary N) is 1. The van der Waals surface area contributed by atoms with Crippen LogP contribution in [-0.4, -0.2) is 31.8 Å². The third-order valence-electron chi connectivity index (χ3n) is 6.12. The largest absolute Gasteiger partial charge is 0.337 e. The molecule has 34 heavy (non-hydrogen) atoms. The molecule has 0 saturated heterocycles. The van der Waals surface area contributed by atoms with Crippen molar-refractivity contribution in [2.45, 2.75) is 13.3 Å². The van der Waals surface area contributed by atoms with Crippen molar-refractivity contribution in [1.82, 2.24) is 19.4 Å². The lowest BCUT2D eigenvalue weighted by Gasteiger charge is -2.18. The van der Waals surface area contributed by atoms with E-state index in [2.05, 4.69) is 21.4 Å². The Balaban J connectivity index is 1.40. The molecular formula is C27H22N6O. The number of carbonyl (C=O) groups excluding carboxylic acids is 1. The number of aromatic nitrogens is 4. The molecule has 0 spiro atoms. The van der Waals surface area contributed by atoms with Gasteiger partial charge < -0.3 is 14.6 Å². The number of benzene rings is 2. The van der Waals surface area contributed by atoms with Crippen LogP contribution in [0.3, 0.4) is 0 Å². The Morgan fingerprint density at radius 1 is 1.00 bits per heavy atom. The van der Waals surface area contributed by atoms with E-state index in [-0.39, 0.29) is 5.91 Å². The Morgan fingerprint density at radius 2 is 1.88 bits per heavy atom. The highest BCUT2D eigenvalue weighted by atomic mass is 16.2. The first-order valence-corrected chi connectivity index (χ1v) is 11.2. The highest BCUT2D eigenvalue weighted by Gasteiger charge is 2.28. The lowest BCUT2D eigenvalue weighted by molar-refractivity contribution is 0.0989. The maximum absolute atomic E-state index is 13.2. The molecule has 7 heteroatoms. The van der Waals surface area contributed by atoms with Crippen LogP contribution in [0.1, 0.15) is 21.6 Å². The molecule has 2 aromatic carbocycles. The third-order valence-corrected chi connectivity index (χ3v) is 6.12. The average Bonchev–Trinajstić information content (AvgIpc) is 3.52. The van der Waals surface area contributed by atoms with Gasteiger partial charge in [0, 0.05) is 54.0 Å². The first-order chi connectivity index (χ1) is 16.7. The van der Waals surface area contributed by atoms with Crippen LogP contribution in [-0.2, 0) is 6.42 Å². The molecule has 7 nitrogen and oxygen atoms in total. The average molecular weight is 447 g/mol. The van der Waals surface area contributed by atoms with Crippen LogP contribution in [0.25, 0.3) is 16.9 Å². The number of fused-ring (bicyclic) bond motifs is 2. The molecule has 6 rings (SSSR count). The molecule has 0 radical (unpaired) electrons. The minimum absolute atomic E-state index is 0.0344. The van der Waals surface area contributed by atoms with E-state index in [1.807, 2.05) is 83.2 Å². The summed E-state index contributed by atoms with van der Waals surface area (Å²) in [6.45, 7) is 2.54. The molecule has 0 aliphatic carbocycles. The predicted molar refractivity (Wildman–Crippen MR) is 133 cm³/mol. The summed E-state index contributed by atoms with van der Waals surface area (Å²) in [4.78, 5) is 28.8. The topological polar surface area (TPSA) is 75.4 Å². The first kappa shape index (κ1) is 20.1. The quantitative estimate of drug-likeness (QED) is 0.418. The number of anilines is 3. The molecule has 0 saturated carbocycles. The molecule has 1 N–H and O–H groups in total. The molecule has 3 aromatic heterocycles. The molecule has 0 fully saturated rings. The highest BCUT2D eigenvalue weighted by molar-refractivity contribution is 6.07. The van der Waals surface area contributed by atoms with Gasteiger partial charge in [-0.05, 0) is 49.2 Å². The number of amides is 1. The lowest BCUT2D eigenvalue weighted by Crippen LogP contribution is -2.28. The predicted octanol–water partition coefficient (Wildman–Crippen LogP) is 5.05. The molecule has 1 aliphatic rings. The van der Waals surface area contributed by atoms with Crippen molar-refractivity contribution in [1.29, 1.82) is 0 Å². The van der Waals surface area contributed by atoms with Gasteiger partial charge in [0.2, 0.25) is 0 Å². The summed E-state index contributed by atoms with van der Waals surface area (Å²) < 4.78 is 1.98. The molecule has 0 atom stereocenters. The van der Waals surface area contributed by atoms with E-state index in [9.17, 15) is 4.79 Å². The second-order valence-corrected chi connectivity index (χ2v) is 8.32. The van der Waals surface area contributed by atoms with Gasteiger partial charge in [0.1, 0.15) is 0 Å². The van der Waals surface area contributed by atoms with Crippen molar-refractivity contribution < 1.29 is 4.79 Å². The standard InChI is InChI=1S/C27H22N6O/c1-18-10-11-19(16-29-18)27(34)33-14-12-22-21(8-5-9-24(22)33)23-17-32-15-13-28-26(32)25(31-23)30-20-6-3-2-4-7-20/h2-11,13,15-17H,12,14H2,1H3,(H,30,31). The van der Waals surface area contributed by atoms with E-state index in [0.29, 0.717) is 17.9 Å². The lowest BCUT2D eigenvalue weighted by atomic mass is 10.0. The van der Waals surface area contributed by atoms with Crippen LogP contribution < -0.4 is 10.2 Å². The van der Waals surface area contributed by atoms with Gasteiger partial charge in [-0.1, -0.05) is 30.3 Å². The van der Waals surface area contributed by atoms with Crippen LogP contribution in [0.15, 0.2) is 85.5 Å². The number of hydrogen-bond acceptors (Lipinski definition) is 5. The number of imidazole rings is 1. The van der Waals surface area contributed by atoms with Crippen molar-refractivity contribution in [3.8, 4) is 11.3 Å². The van der Waals surface area contributed by atoms with Gasteiger partial charge in [-0.25, -0.2) is 9.97 Å². The van der Waals surface area contributed by atoms with Crippen molar-refractivity contribution in [3.63, 3.8) is 0 Å². The van der Waals surface area contributed by atoms with Gasteiger partial charge in [0.05, 0.1) is 11.3 Å². The number of nitrogens with zero attached hydrogens (tertiary/aromatic N) is 5. The normalized spacial score (nSPS) is 12.7. The first-order valence-electron chi connectivity index (χ1n) is 11.2. The van der Waals surface area contributed by atoms with E-state index < -0.39 is 0 Å². The fraction of sp³-hybridized carbons (Fsp3) is 0.111. The summed E-state index contributed by atoms with van der Waals surface area (Å²) >= 11 is 0. The SMILES string of the molecule is Cc1ccc(C(=O)N2CCc3c(-c4cn5ccnc5c(Nc5ccccc5)n4)cccc32)cn1. The number of hydrogen-bond donors (Lipinski definition) is 1. The minimum Gasteiger partial charge on any atom is -0.337 e. The number of aryl methyl sites for hydroxylation is 1. The van der Waals surface area contributed by atoms with E-state index in [1.165, 1.54) is 0 Å².